The summed E-state index contributed by atoms with van der Waals surface area (Å²) < 4.78 is 2.19. The zero-order valence-corrected chi connectivity index (χ0v) is 8.49. The van der Waals surface area contributed by atoms with Crippen LogP contribution in [0, 0.1) is 6.92 Å². The SMILES string of the molecule is [CH2]C(=O)c1cn2c3c(cccc13)CCC2. The van der Waals surface area contributed by atoms with Gasteiger partial charge in [-0.25, -0.2) is 0 Å². The number of rotatable bonds is 1. The molecule has 0 unspecified atom stereocenters. The summed E-state index contributed by atoms with van der Waals surface area (Å²) in [4.78, 5) is 11.4. The van der Waals surface area contributed by atoms with E-state index in [1.807, 2.05) is 18.3 Å². The highest BCUT2D eigenvalue weighted by Crippen LogP contribution is 2.29. The van der Waals surface area contributed by atoms with E-state index in [-0.39, 0.29) is 5.78 Å². The van der Waals surface area contributed by atoms with Crippen molar-refractivity contribution in [1.29, 1.82) is 0 Å². The Labute approximate surface area is 88.5 Å². The lowest BCUT2D eigenvalue weighted by Gasteiger charge is -2.14. The van der Waals surface area contributed by atoms with E-state index in [1.54, 1.807) is 0 Å². The van der Waals surface area contributed by atoms with Crippen LogP contribution in [-0.4, -0.2) is 10.4 Å². The molecule has 1 aromatic carbocycles. The van der Waals surface area contributed by atoms with Crippen LogP contribution >= 0.6 is 0 Å². The van der Waals surface area contributed by atoms with Crippen LogP contribution in [0.15, 0.2) is 24.4 Å². The van der Waals surface area contributed by atoms with Gasteiger partial charge in [-0.15, -0.1) is 0 Å². The predicted octanol–water partition coefficient (Wildman–Crippen LogP) is 2.60. The molecule has 0 bridgehead atoms. The number of hydrogen-bond acceptors (Lipinski definition) is 1. The van der Waals surface area contributed by atoms with Gasteiger partial charge in [0, 0.05) is 30.6 Å². The van der Waals surface area contributed by atoms with E-state index < -0.39 is 0 Å². The summed E-state index contributed by atoms with van der Waals surface area (Å²) in [5, 5.41) is 1.06. The highest BCUT2D eigenvalue weighted by molar-refractivity contribution is 6.10. The molecule has 1 radical (unpaired) electrons. The van der Waals surface area contributed by atoms with Crippen molar-refractivity contribution < 1.29 is 4.79 Å². The molecule has 0 saturated carbocycles. The monoisotopic (exact) mass is 198 g/mol. The lowest BCUT2D eigenvalue weighted by Crippen LogP contribution is -2.05. The van der Waals surface area contributed by atoms with Gasteiger partial charge in [0.05, 0.1) is 5.52 Å². The zero-order valence-electron chi connectivity index (χ0n) is 8.49. The topological polar surface area (TPSA) is 22.0 Å². The fourth-order valence-corrected chi connectivity index (χ4v) is 2.48. The number of carbonyl (C=O) groups is 1. The number of Topliss-reactive ketones (excluding diaryl/α,β-unsaturated/α-hetero) is 1. The summed E-state index contributed by atoms with van der Waals surface area (Å²) in [5.74, 6) is -0.0854. The zero-order chi connectivity index (χ0) is 10.4. The lowest BCUT2D eigenvalue weighted by atomic mass is 10.0. The maximum atomic E-state index is 11.4. The quantitative estimate of drug-likeness (QED) is 0.645. The highest BCUT2D eigenvalue weighted by atomic mass is 16.1. The third-order valence-corrected chi connectivity index (χ3v) is 3.13. The van der Waals surface area contributed by atoms with Gasteiger partial charge in [-0.05, 0) is 18.4 Å². The molecule has 2 heteroatoms. The number of para-hydroxylation sites is 1. The maximum absolute atomic E-state index is 11.4. The van der Waals surface area contributed by atoms with Gasteiger partial charge in [0.15, 0.2) is 5.78 Å². The maximum Gasteiger partial charge on any atom is 0.165 e. The third-order valence-electron chi connectivity index (χ3n) is 3.13. The Morgan fingerprint density at radius 3 is 3.07 bits per heavy atom. The van der Waals surface area contributed by atoms with Crippen molar-refractivity contribution in [3.8, 4) is 0 Å². The molecule has 2 nitrogen and oxygen atoms in total. The van der Waals surface area contributed by atoms with Crippen LogP contribution < -0.4 is 0 Å². The summed E-state index contributed by atoms with van der Waals surface area (Å²) in [6.07, 6.45) is 4.22. The summed E-state index contributed by atoms with van der Waals surface area (Å²) >= 11 is 0. The molecule has 0 fully saturated rings. The van der Waals surface area contributed by atoms with Crippen LogP contribution in [0.5, 0.6) is 0 Å². The first-order valence-electron chi connectivity index (χ1n) is 5.24. The molecule has 0 atom stereocenters. The molecule has 0 amide bonds. The number of carbonyl (C=O) groups excluding carboxylic acids is 1. The van der Waals surface area contributed by atoms with Crippen molar-refractivity contribution in [3.63, 3.8) is 0 Å². The highest BCUT2D eigenvalue weighted by Gasteiger charge is 2.17. The first-order valence-corrected chi connectivity index (χ1v) is 5.24. The smallest absolute Gasteiger partial charge is 0.165 e. The Balaban J connectivity index is 2.43. The van der Waals surface area contributed by atoms with E-state index in [1.165, 1.54) is 11.1 Å². The molecule has 1 aliphatic rings. The fraction of sp³-hybridized carbons (Fsp3) is 0.231. The van der Waals surface area contributed by atoms with Crippen molar-refractivity contribution in [1.82, 2.24) is 4.57 Å². The Kier molecular flexibility index (Phi) is 1.72. The molecule has 0 aliphatic carbocycles. The molecular formula is C13H12NO. The normalized spacial score (nSPS) is 14.5. The number of benzene rings is 1. The predicted molar refractivity (Wildman–Crippen MR) is 59.9 cm³/mol. The number of ketones is 1. The van der Waals surface area contributed by atoms with Gasteiger partial charge in [-0.1, -0.05) is 18.2 Å². The van der Waals surface area contributed by atoms with Gasteiger partial charge in [-0.3, -0.25) is 4.79 Å². The molecule has 75 valence electrons. The minimum absolute atomic E-state index is 0.0854. The average molecular weight is 198 g/mol. The molecule has 0 spiro atoms. The lowest BCUT2D eigenvalue weighted by molar-refractivity contribution is 0.104. The standard InChI is InChI=1S/C13H12NO/c1-9(15)12-8-14-7-3-5-10-4-2-6-11(12)13(10)14/h2,4,6,8H,1,3,5,7H2. The van der Waals surface area contributed by atoms with Crippen molar-refractivity contribution in [2.75, 3.05) is 0 Å². The number of nitrogens with zero attached hydrogens (tertiary/aromatic N) is 1. The van der Waals surface area contributed by atoms with Gasteiger partial charge in [-0.2, -0.15) is 0 Å². The number of aryl methyl sites for hydroxylation is 2. The fourth-order valence-electron chi connectivity index (χ4n) is 2.48. The first kappa shape index (κ1) is 8.72. The van der Waals surface area contributed by atoms with E-state index in [2.05, 4.69) is 17.6 Å². The number of hydrogen-bond donors (Lipinski definition) is 0. The second-order valence-electron chi connectivity index (χ2n) is 4.08. The van der Waals surface area contributed by atoms with Crippen LogP contribution in [0.3, 0.4) is 0 Å². The van der Waals surface area contributed by atoms with E-state index in [0.29, 0.717) is 0 Å². The van der Waals surface area contributed by atoms with Crippen LogP contribution in [0.25, 0.3) is 10.9 Å². The molecule has 1 aromatic heterocycles. The molecule has 0 N–H and O–H groups in total. The van der Waals surface area contributed by atoms with Crippen molar-refractivity contribution in [3.05, 3.63) is 42.4 Å². The molecule has 2 heterocycles. The van der Waals surface area contributed by atoms with Gasteiger partial charge in [0.2, 0.25) is 0 Å². The molecular weight excluding hydrogens is 186 g/mol. The molecule has 0 saturated heterocycles. The Morgan fingerprint density at radius 2 is 2.27 bits per heavy atom. The van der Waals surface area contributed by atoms with Crippen LogP contribution in [0.2, 0.25) is 0 Å². The number of aromatic nitrogens is 1. The van der Waals surface area contributed by atoms with Gasteiger partial charge >= 0.3 is 0 Å². The summed E-state index contributed by atoms with van der Waals surface area (Å²) in [6, 6.07) is 6.19. The van der Waals surface area contributed by atoms with E-state index in [9.17, 15) is 4.79 Å². The second kappa shape index (κ2) is 2.96. The Morgan fingerprint density at radius 1 is 1.40 bits per heavy atom. The van der Waals surface area contributed by atoms with Crippen LogP contribution in [-0.2, 0) is 13.0 Å². The Bertz CT molecular complexity index is 551. The molecule has 1 aliphatic heterocycles. The van der Waals surface area contributed by atoms with Gasteiger partial charge < -0.3 is 4.57 Å². The molecule has 2 aromatic rings. The summed E-state index contributed by atoms with van der Waals surface area (Å²) in [7, 11) is 0. The van der Waals surface area contributed by atoms with Crippen molar-refractivity contribution in [2.45, 2.75) is 19.4 Å². The van der Waals surface area contributed by atoms with Crippen LogP contribution in [0.1, 0.15) is 22.3 Å². The minimum atomic E-state index is -0.0854. The largest absolute Gasteiger partial charge is 0.346 e. The van der Waals surface area contributed by atoms with Gasteiger partial charge in [0.25, 0.3) is 0 Å². The third kappa shape index (κ3) is 1.14. The summed E-state index contributed by atoms with van der Waals surface area (Å²) in [5.41, 5.74) is 3.34. The van der Waals surface area contributed by atoms with Crippen molar-refractivity contribution in [2.24, 2.45) is 0 Å². The molecule has 3 rings (SSSR count). The first-order chi connectivity index (χ1) is 7.27. The average Bonchev–Trinajstić information content (AvgIpc) is 2.61. The minimum Gasteiger partial charge on any atom is -0.346 e. The van der Waals surface area contributed by atoms with E-state index in [0.717, 1.165) is 30.3 Å². The van der Waals surface area contributed by atoms with E-state index in [4.69, 9.17) is 0 Å². The van der Waals surface area contributed by atoms with Crippen molar-refractivity contribution >= 4 is 16.7 Å². The van der Waals surface area contributed by atoms with Crippen LogP contribution in [0.4, 0.5) is 0 Å². The summed E-state index contributed by atoms with van der Waals surface area (Å²) in [6.45, 7) is 4.52. The van der Waals surface area contributed by atoms with E-state index >= 15 is 0 Å². The Hall–Kier alpha value is -1.57. The second-order valence-corrected chi connectivity index (χ2v) is 4.08. The molecule has 15 heavy (non-hydrogen) atoms. The van der Waals surface area contributed by atoms with Gasteiger partial charge in [0.1, 0.15) is 0 Å².